The number of nitrogens with one attached hydrogen (secondary N) is 1. The molecule has 4 nitrogen and oxygen atoms in total. The molecular weight excluding hydrogens is 201 g/mol. The van der Waals surface area contributed by atoms with Crippen LogP contribution >= 0.6 is 7.92 Å². The number of hydrogen-bond acceptors (Lipinski definition) is 4. The number of hydrogen-bond donors (Lipinski definition) is 1. The quantitative estimate of drug-likeness (QED) is 0.555. The Kier molecular flexibility index (Phi) is 4.95. The second-order valence-electron chi connectivity index (χ2n) is 3.20. The third-order valence-corrected chi connectivity index (χ3v) is 2.68. The molecule has 1 heterocycles. The average Bonchev–Trinajstić information content (AvgIpc) is 2.19. The van der Waals surface area contributed by atoms with Gasteiger partial charge in [-0.1, -0.05) is 0 Å². The molecule has 0 aromatic carbocycles. The van der Waals surface area contributed by atoms with Crippen LogP contribution in [0.15, 0.2) is 0 Å². The molecule has 1 saturated heterocycles. The molecule has 14 heavy (non-hydrogen) atoms. The van der Waals surface area contributed by atoms with Crippen molar-refractivity contribution in [3.63, 3.8) is 0 Å². The summed E-state index contributed by atoms with van der Waals surface area (Å²) in [6.45, 7) is 2.93. The van der Waals surface area contributed by atoms with Crippen molar-refractivity contribution in [2.24, 2.45) is 5.92 Å². The fourth-order valence-corrected chi connectivity index (χ4v) is 1.92. The van der Waals surface area contributed by atoms with Gasteiger partial charge < -0.3 is 0 Å². The Bertz CT molecular complexity index is 298. The predicted molar refractivity (Wildman–Crippen MR) is 52.6 cm³/mol. The van der Waals surface area contributed by atoms with E-state index >= 15 is 0 Å². The summed E-state index contributed by atoms with van der Waals surface area (Å²) in [5.41, 5.74) is 2.78. The Morgan fingerprint density at radius 1 is 1.71 bits per heavy atom. The van der Waals surface area contributed by atoms with E-state index in [2.05, 4.69) is 10.9 Å². The van der Waals surface area contributed by atoms with E-state index in [1.165, 1.54) is 0 Å². The number of piperidine rings is 1. The molecule has 2 atom stereocenters. The number of esters is 1. The third kappa shape index (κ3) is 3.30. The minimum absolute atomic E-state index is 0.0759. The van der Waals surface area contributed by atoms with Gasteiger partial charge in [-0.05, 0) is 0 Å². The Morgan fingerprint density at radius 3 is 3.14 bits per heavy atom. The molecule has 0 radical (unpaired) electrons. The van der Waals surface area contributed by atoms with Crippen LogP contribution in [0, 0.1) is 11.5 Å². The fraction of sp³-hybridized carbons (Fsp3) is 0.778. The zero-order valence-electron chi connectivity index (χ0n) is 8.16. The first kappa shape index (κ1) is 11.5. The molecule has 0 unspecified atom stereocenters. The summed E-state index contributed by atoms with van der Waals surface area (Å²) in [6.07, 6.45) is 1.51. The van der Waals surface area contributed by atoms with E-state index in [0.717, 1.165) is 13.0 Å². The van der Waals surface area contributed by atoms with Crippen molar-refractivity contribution in [3.8, 4) is 5.63 Å². The predicted octanol–water partition coefficient (Wildman–Crippen LogP) is 1.17. The molecule has 0 amide bonds. The van der Waals surface area contributed by atoms with Gasteiger partial charge in [0, 0.05) is 0 Å². The van der Waals surface area contributed by atoms with Crippen molar-refractivity contribution in [2.45, 2.75) is 25.8 Å². The second-order valence-corrected chi connectivity index (χ2v) is 3.64. The van der Waals surface area contributed by atoms with E-state index in [4.69, 9.17) is 4.74 Å². The Balaban J connectivity index is 2.49. The number of rotatable bonds is 2. The van der Waals surface area contributed by atoms with E-state index in [0.29, 0.717) is 13.0 Å². The average molecular weight is 215 g/mol. The maximum atomic E-state index is 11.4. The van der Waals surface area contributed by atoms with Crippen LogP contribution in [0.4, 0.5) is 0 Å². The van der Waals surface area contributed by atoms with Gasteiger partial charge in [0.1, 0.15) is 0 Å². The van der Waals surface area contributed by atoms with Gasteiger partial charge in [-0.15, -0.1) is 0 Å². The van der Waals surface area contributed by atoms with Gasteiger partial charge in [0.2, 0.25) is 0 Å². The van der Waals surface area contributed by atoms with Crippen molar-refractivity contribution < 1.29 is 14.1 Å². The Morgan fingerprint density at radius 2 is 2.50 bits per heavy atom. The summed E-state index contributed by atoms with van der Waals surface area (Å²) in [5, 5.41) is 3.07. The molecule has 1 N–H and O–H groups in total. The third-order valence-electron chi connectivity index (χ3n) is 2.21. The monoisotopic (exact) mass is 215 g/mol. The summed E-state index contributed by atoms with van der Waals surface area (Å²) < 4.78 is 15.2. The fourth-order valence-electron chi connectivity index (χ4n) is 1.53. The van der Waals surface area contributed by atoms with E-state index in [1.54, 1.807) is 6.92 Å². The first-order chi connectivity index (χ1) is 6.77. The first-order valence-electron chi connectivity index (χ1n) is 4.75. The number of carbonyl (C=O) groups excluding carboxylic acids is 1. The van der Waals surface area contributed by atoms with Crippen LogP contribution in [0.1, 0.15) is 19.8 Å². The van der Waals surface area contributed by atoms with Crippen LogP contribution in [-0.2, 0) is 14.1 Å². The molecule has 0 aromatic rings. The molecule has 1 aliphatic heterocycles. The van der Waals surface area contributed by atoms with E-state index in [1.807, 2.05) is 0 Å². The minimum atomic E-state index is -0.261. The summed E-state index contributed by atoms with van der Waals surface area (Å²) in [5.74, 6) is -0.0913. The molecule has 1 aliphatic rings. The summed E-state index contributed by atoms with van der Waals surface area (Å²) in [6, 6.07) is -0.261. The zero-order chi connectivity index (χ0) is 10.4. The molecule has 0 aromatic heterocycles. The van der Waals surface area contributed by atoms with Crippen LogP contribution in [0.3, 0.4) is 0 Å². The first-order valence-corrected chi connectivity index (χ1v) is 5.57. The van der Waals surface area contributed by atoms with Gasteiger partial charge in [-0.3, -0.25) is 0 Å². The Labute approximate surface area is 84.5 Å². The molecular formula is C9H14NO3P. The maximum absolute atomic E-state index is 11.4. The molecule has 0 bridgehead atoms. The summed E-state index contributed by atoms with van der Waals surface area (Å²) in [4.78, 5) is 11.4. The van der Waals surface area contributed by atoms with Gasteiger partial charge in [0.05, 0.1) is 0 Å². The normalized spacial score (nSPS) is 26.4. The topological polar surface area (TPSA) is 55.4 Å². The molecule has 5 heteroatoms. The van der Waals surface area contributed by atoms with Crippen molar-refractivity contribution in [1.29, 1.82) is 0 Å². The van der Waals surface area contributed by atoms with Crippen LogP contribution in [-0.4, -0.2) is 25.2 Å². The van der Waals surface area contributed by atoms with Gasteiger partial charge in [-0.25, -0.2) is 0 Å². The van der Waals surface area contributed by atoms with Gasteiger partial charge in [-0.2, -0.15) is 0 Å². The molecule has 0 saturated carbocycles. The van der Waals surface area contributed by atoms with Crippen LogP contribution in [0.5, 0.6) is 0 Å². The van der Waals surface area contributed by atoms with Gasteiger partial charge in [0.15, 0.2) is 0 Å². The van der Waals surface area contributed by atoms with E-state index in [9.17, 15) is 9.36 Å². The molecule has 0 aliphatic carbocycles. The standard InChI is InChI=1S/C9H14NO3P/c1-2-13-9(11)8-5-7(6-14-12)3-4-10-8/h7-8,10H,2-5H2,1H3/t7-,8+/m0/s1. The van der Waals surface area contributed by atoms with Crippen molar-refractivity contribution in [2.75, 3.05) is 13.2 Å². The van der Waals surface area contributed by atoms with Crippen LogP contribution in [0.25, 0.3) is 0 Å². The number of ether oxygens (including phenoxy) is 1. The molecule has 1 fully saturated rings. The van der Waals surface area contributed by atoms with Crippen LogP contribution in [0.2, 0.25) is 0 Å². The van der Waals surface area contributed by atoms with E-state index < -0.39 is 0 Å². The van der Waals surface area contributed by atoms with Crippen molar-refractivity contribution in [3.05, 3.63) is 0 Å². The number of carbonyl (C=O) groups is 1. The molecule has 78 valence electrons. The van der Waals surface area contributed by atoms with Crippen molar-refractivity contribution in [1.82, 2.24) is 5.32 Å². The summed E-state index contributed by atoms with van der Waals surface area (Å²) in [7, 11) is -0.0759. The SMILES string of the molecule is CCOC(=O)[C@H]1C[C@@H](C#P=O)CCN1. The molecule has 1 rings (SSSR count). The van der Waals surface area contributed by atoms with Crippen molar-refractivity contribution >= 4 is 13.9 Å². The van der Waals surface area contributed by atoms with Gasteiger partial charge >= 0.3 is 83.8 Å². The second kappa shape index (κ2) is 6.02. The zero-order valence-corrected chi connectivity index (χ0v) is 9.05. The van der Waals surface area contributed by atoms with Gasteiger partial charge in [0.25, 0.3) is 0 Å². The van der Waals surface area contributed by atoms with E-state index in [-0.39, 0.29) is 25.8 Å². The Hall–Kier alpha value is -0.560. The molecule has 0 spiro atoms. The summed E-state index contributed by atoms with van der Waals surface area (Å²) >= 11 is 0. The van der Waals surface area contributed by atoms with Crippen LogP contribution < -0.4 is 5.32 Å².